The number of amides is 1. The third kappa shape index (κ3) is 1.50. The largest absolute Gasteiger partial charge is 0.366 e. The van der Waals surface area contributed by atoms with E-state index in [0.717, 1.165) is 11.1 Å². The Bertz CT molecular complexity index is 448. The highest BCUT2D eigenvalue weighted by atomic mass is 16.1. The van der Waals surface area contributed by atoms with Crippen LogP contribution in [0.15, 0.2) is 36.7 Å². The lowest BCUT2D eigenvalue weighted by atomic mass is 10.1. The molecule has 0 aliphatic heterocycles. The van der Waals surface area contributed by atoms with Crippen molar-refractivity contribution in [2.75, 3.05) is 0 Å². The van der Waals surface area contributed by atoms with Crippen molar-refractivity contribution in [3.05, 3.63) is 42.2 Å². The molecule has 2 aromatic rings. The summed E-state index contributed by atoms with van der Waals surface area (Å²) in [6.45, 7) is 0. The number of hydrogen-bond acceptors (Lipinski definition) is 2. The molecular formula is C10H9N3O. The number of nitrogens with zero attached hydrogens (tertiary/aromatic N) is 1. The van der Waals surface area contributed by atoms with Crippen LogP contribution in [0.1, 0.15) is 10.4 Å². The highest BCUT2D eigenvalue weighted by Crippen LogP contribution is 2.18. The summed E-state index contributed by atoms with van der Waals surface area (Å²) in [6.07, 6.45) is 3.46. The van der Waals surface area contributed by atoms with Gasteiger partial charge in [0, 0.05) is 17.3 Å². The molecule has 0 saturated carbocycles. The SMILES string of the molecule is NC(=O)c1cccc(-c2cn[nH]c2)c1. The highest BCUT2D eigenvalue weighted by molar-refractivity contribution is 5.94. The van der Waals surface area contributed by atoms with Crippen LogP contribution in [0.25, 0.3) is 11.1 Å². The van der Waals surface area contributed by atoms with Gasteiger partial charge in [-0.1, -0.05) is 12.1 Å². The molecule has 14 heavy (non-hydrogen) atoms. The zero-order valence-electron chi connectivity index (χ0n) is 7.40. The Morgan fingerprint density at radius 1 is 1.36 bits per heavy atom. The topological polar surface area (TPSA) is 71.8 Å². The summed E-state index contributed by atoms with van der Waals surface area (Å²) in [5.74, 6) is -0.421. The monoisotopic (exact) mass is 187 g/mol. The Labute approximate surface area is 80.8 Å². The van der Waals surface area contributed by atoms with Crippen molar-refractivity contribution in [3.8, 4) is 11.1 Å². The molecule has 0 aliphatic rings. The van der Waals surface area contributed by atoms with Gasteiger partial charge in [0.05, 0.1) is 6.20 Å². The van der Waals surface area contributed by atoms with E-state index in [1.165, 1.54) is 0 Å². The molecule has 1 amide bonds. The van der Waals surface area contributed by atoms with Crippen LogP contribution in [0.3, 0.4) is 0 Å². The number of carbonyl (C=O) groups excluding carboxylic acids is 1. The summed E-state index contributed by atoms with van der Waals surface area (Å²) >= 11 is 0. The molecule has 1 aromatic carbocycles. The zero-order chi connectivity index (χ0) is 9.97. The number of aromatic amines is 1. The number of nitrogens with two attached hydrogens (primary N) is 1. The fourth-order valence-corrected chi connectivity index (χ4v) is 1.26. The number of carbonyl (C=O) groups is 1. The summed E-state index contributed by atoms with van der Waals surface area (Å²) in [4.78, 5) is 10.9. The normalized spacial score (nSPS) is 10.0. The molecule has 0 saturated heterocycles. The first-order valence-corrected chi connectivity index (χ1v) is 4.16. The fraction of sp³-hybridized carbons (Fsp3) is 0. The van der Waals surface area contributed by atoms with E-state index < -0.39 is 5.91 Å². The van der Waals surface area contributed by atoms with Crippen LogP contribution in [-0.2, 0) is 0 Å². The lowest BCUT2D eigenvalue weighted by Gasteiger charge is -1.99. The summed E-state index contributed by atoms with van der Waals surface area (Å²) in [5.41, 5.74) is 7.54. The average Bonchev–Trinajstić information content (AvgIpc) is 2.71. The molecule has 2 rings (SSSR count). The van der Waals surface area contributed by atoms with E-state index in [2.05, 4.69) is 10.2 Å². The van der Waals surface area contributed by atoms with E-state index in [1.54, 1.807) is 30.6 Å². The van der Waals surface area contributed by atoms with Gasteiger partial charge in [-0.05, 0) is 17.7 Å². The van der Waals surface area contributed by atoms with Gasteiger partial charge in [-0.3, -0.25) is 9.89 Å². The minimum atomic E-state index is -0.421. The Morgan fingerprint density at radius 3 is 2.86 bits per heavy atom. The first kappa shape index (κ1) is 8.50. The van der Waals surface area contributed by atoms with Crippen molar-refractivity contribution in [1.29, 1.82) is 0 Å². The molecule has 0 fully saturated rings. The lowest BCUT2D eigenvalue weighted by Crippen LogP contribution is -2.10. The molecule has 0 spiro atoms. The molecule has 0 unspecified atom stereocenters. The van der Waals surface area contributed by atoms with Crippen LogP contribution < -0.4 is 5.73 Å². The Morgan fingerprint density at radius 2 is 2.21 bits per heavy atom. The third-order valence-electron chi connectivity index (χ3n) is 1.98. The van der Waals surface area contributed by atoms with Crippen molar-refractivity contribution in [2.45, 2.75) is 0 Å². The van der Waals surface area contributed by atoms with Gasteiger partial charge in [0.15, 0.2) is 0 Å². The smallest absolute Gasteiger partial charge is 0.248 e. The minimum absolute atomic E-state index is 0.421. The molecule has 70 valence electrons. The molecule has 3 N–H and O–H groups in total. The van der Waals surface area contributed by atoms with Gasteiger partial charge in [0.2, 0.25) is 5.91 Å². The number of rotatable bonds is 2. The molecule has 0 bridgehead atoms. The number of primary amides is 1. The Kier molecular flexibility index (Phi) is 2.02. The maximum Gasteiger partial charge on any atom is 0.248 e. The van der Waals surface area contributed by atoms with Crippen molar-refractivity contribution in [3.63, 3.8) is 0 Å². The Balaban J connectivity index is 2.46. The van der Waals surface area contributed by atoms with Crippen molar-refractivity contribution in [2.24, 2.45) is 5.73 Å². The number of nitrogens with one attached hydrogen (secondary N) is 1. The molecule has 0 radical (unpaired) electrons. The van der Waals surface area contributed by atoms with Crippen LogP contribution in [0.4, 0.5) is 0 Å². The molecular weight excluding hydrogens is 178 g/mol. The van der Waals surface area contributed by atoms with E-state index in [4.69, 9.17) is 5.73 Å². The van der Waals surface area contributed by atoms with E-state index in [0.29, 0.717) is 5.56 Å². The van der Waals surface area contributed by atoms with Crippen LogP contribution in [0, 0.1) is 0 Å². The zero-order valence-corrected chi connectivity index (χ0v) is 7.40. The van der Waals surface area contributed by atoms with Gasteiger partial charge in [-0.25, -0.2) is 0 Å². The van der Waals surface area contributed by atoms with Crippen LogP contribution in [0.2, 0.25) is 0 Å². The second kappa shape index (κ2) is 3.33. The molecule has 1 heterocycles. The summed E-state index contributed by atoms with van der Waals surface area (Å²) in [5, 5.41) is 6.54. The minimum Gasteiger partial charge on any atom is -0.366 e. The van der Waals surface area contributed by atoms with Crippen LogP contribution >= 0.6 is 0 Å². The molecule has 0 atom stereocenters. The number of hydrogen-bond donors (Lipinski definition) is 2. The van der Waals surface area contributed by atoms with Crippen molar-refractivity contribution < 1.29 is 4.79 Å². The first-order chi connectivity index (χ1) is 6.77. The second-order valence-electron chi connectivity index (χ2n) is 2.93. The standard InChI is InChI=1S/C10H9N3O/c11-10(14)8-3-1-2-7(4-8)9-5-12-13-6-9/h1-6H,(H2,11,14)(H,12,13). The van der Waals surface area contributed by atoms with Gasteiger partial charge < -0.3 is 5.73 Å². The van der Waals surface area contributed by atoms with E-state index in [9.17, 15) is 4.79 Å². The first-order valence-electron chi connectivity index (χ1n) is 4.16. The van der Waals surface area contributed by atoms with E-state index in [-0.39, 0.29) is 0 Å². The van der Waals surface area contributed by atoms with Gasteiger partial charge >= 0.3 is 0 Å². The fourth-order valence-electron chi connectivity index (χ4n) is 1.26. The molecule has 4 nitrogen and oxygen atoms in total. The Hall–Kier alpha value is -2.10. The molecule has 4 heteroatoms. The third-order valence-corrected chi connectivity index (χ3v) is 1.98. The number of aromatic nitrogens is 2. The maximum absolute atomic E-state index is 10.9. The summed E-state index contributed by atoms with van der Waals surface area (Å²) < 4.78 is 0. The number of benzene rings is 1. The van der Waals surface area contributed by atoms with E-state index in [1.807, 2.05) is 6.07 Å². The average molecular weight is 187 g/mol. The van der Waals surface area contributed by atoms with Crippen LogP contribution in [-0.4, -0.2) is 16.1 Å². The van der Waals surface area contributed by atoms with Crippen molar-refractivity contribution >= 4 is 5.91 Å². The van der Waals surface area contributed by atoms with Gasteiger partial charge in [-0.15, -0.1) is 0 Å². The van der Waals surface area contributed by atoms with E-state index >= 15 is 0 Å². The summed E-state index contributed by atoms with van der Waals surface area (Å²) in [7, 11) is 0. The van der Waals surface area contributed by atoms with Gasteiger partial charge in [0.25, 0.3) is 0 Å². The van der Waals surface area contributed by atoms with Gasteiger partial charge in [0.1, 0.15) is 0 Å². The summed E-state index contributed by atoms with van der Waals surface area (Å²) in [6, 6.07) is 7.12. The lowest BCUT2D eigenvalue weighted by molar-refractivity contribution is 0.100. The molecule has 0 aliphatic carbocycles. The number of H-pyrrole nitrogens is 1. The van der Waals surface area contributed by atoms with Crippen molar-refractivity contribution in [1.82, 2.24) is 10.2 Å². The second-order valence-corrected chi connectivity index (χ2v) is 2.93. The van der Waals surface area contributed by atoms with Crippen LogP contribution in [0.5, 0.6) is 0 Å². The molecule has 1 aromatic heterocycles. The predicted octanol–water partition coefficient (Wildman–Crippen LogP) is 1.18. The van der Waals surface area contributed by atoms with Gasteiger partial charge in [-0.2, -0.15) is 5.10 Å². The highest BCUT2D eigenvalue weighted by Gasteiger charge is 2.03. The maximum atomic E-state index is 10.9. The predicted molar refractivity (Wildman–Crippen MR) is 52.5 cm³/mol. The quantitative estimate of drug-likeness (QED) is 0.740.